The lowest BCUT2D eigenvalue weighted by molar-refractivity contribution is 0.154. The van der Waals surface area contributed by atoms with E-state index in [2.05, 4.69) is 50.9 Å². The number of nitrogens with zero attached hydrogens (tertiary/aromatic N) is 1. The van der Waals surface area contributed by atoms with Gasteiger partial charge >= 0.3 is 0 Å². The number of hydrogen-bond donors (Lipinski definition) is 1. The summed E-state index contributed by atoms with van der Waals surface area (Å²) in [4.78, 5) is 2.54. The Labute approximate surface area is 123 Å². The fourth-order valence-electron chi connectivity index (χ4n) is 2.98. The van der Waals surface area contributed by atoms with E-state index in [-0.39, 0.29) is 0 Å². The molecule has 0 aliphatic carbocycles. The van der Waals surface area contributed by atoms with Crippen LogP contribution in [0.4, 0.5) is 0 Å². The molecule has 0 bridgehead atoms. The Morgan fingerprint density at radius 3 is 2.75 bits per heavy atom. The molecule has 3 heteroatoms. The second-order valence-corrected chi connectivity index (χ2v) is 7.16. The van der Waals surface area contributed by atoms with E-state index in [4.69, 9.17) is 4.42 Å². The first kappa shape index (κ1) is 15.6. The van der Waals surface area contributed by atoms with Crippen LogP contribution in [0.1, 0.15) is 57.6 Å². The Balaban J connectivity index is 1.93. The van der Waals surface area contributed by atoms with Crippen LogP contribution in [0.2, 0.25) is 0 Å². The summed E-state index contributed by atoms with van der Waals surface area (Å²) in [5.41, 5.74) is 1.62. The maximum absolute atomic E-state index is 5.95. The van der Waals surface area contributed by atoms with Gasteiger partial charge in [-0.05, 0) is 58.7 Å². The molecule has 2 heterocycles. The molecule has 2 rings (SSSR count). The Morgan fingerprint density at radius 2 is 2.15 bits per heavy atom. The second-order valence-electron chi connectivity index (χ2n) is 7.16. The molecule has 1 aliphatic rings. The molecule has 0 amide bonds. The van der Waals surface area contributed by atoms with Crippen molar-refractivity contribution in [3.63, 3.8) is 0 Å². The minimum atomic E-state index is 0.316. The third-order valence-corrected chi connectivity index (χ3v) is 4.36. The summed E-state index contributed by atoms with van der Waals surface area (Å²) in [5.74, 6) is 2.86. The average molecular weight is 278 g/mol. The van der Waals surface area contributed by atoms with Crippen molar-refractivity contribution in [1.29, 1.82) is 0 Å². The predicted molar refractivity (Wildman–Crippen MR) is 83.7 cm³/mol. The maximum Gasteiger partial charge on any atom is 0.118 e. The van der Waals surface area contributed by atoms with Gasteiger partial charge in [0.05, 0.1) is 6.54 Å². The topological polar surface area (TPSA) is 28.4 Å². The highest BCUT2D eigenvalue weighted by Crippen LogP contribution is 2.30. The predicted octanol–water partition coefficient (Wildman–Crippen LogP) is 3.71. The van der Waals surface area contributed by atoms with Crippen LogP contribution in [0, 0.1) is 12.8 Å². The van der Waals surface area contributed by atoms with Gasteiger partial charge in [-0.3, -0.25) is 4.90 Å². The molecule has 1 aromatic rings. The number of rotatable bonds is 6. The third-order valence-electron chi connectivity index (χ3n) is 4.36. The molecule has 0 radical (unpaired) electrons. The minimum Gasteiger partial charge on any atom is -0.465 e. The highest BCUT2D eigenvalue weighted by Gasteiger charge is 2.32. The molecule has 0 spiro atoms. The van der Waals surface area contributed by atoms with Crippen LogP contribution in [0.15, 0.2) is 10.5 Å². The third kappa shape index (κ3) is 3.86. The van der Waals surface area contributed by atoms with Crippen molar-refractivity contribution in [2.75, 3.05) is 13.1 Å². The standard InChI is InChI=1S/C17H30N2O/c1-13(2)10-18-11-15-9-16(20-14(15)3)12-19-8-6-7-17(19,4)5/h9,13,18H,6-8,10-12H2,1-5H3. The smallest absolute Gasteiger partial charge is 0.118 e. The van der Waals surface area contributed by atoms with Gasteiger partial charge in [0.1, 0.15) is 11.5 Å². The highest BCUT2D eigenvalue weighted by molar-refractivity contribution is 5.21. The van der Waals surface area contributed by atoms with E-state index in [9.17, 15) is 0 Å². The Kier molecular flexibility index (Phi) is 4.92. The van der Waals surface area contributed by atoms with Gasteiger partial charge in [0.15, 0.2) is 0 Å². The van der Waals surface area contributed by atoms with Crippen molar-refractivity contribution in [3.8, 4) is 0 Å². The van der Waals surface area contributed by atoms with Crippen LogP contribution in [-0.4, -0.2) is 23.5 Å². The Hall–Kier alpha value is -0.800. The van der Waals surface area contributed by atoms with Crippen molar-refractivity contribution in [2.24, 2.45) is 5.92 Å². The van der Waals surface area contributed by atoms with E-state index in [1.807, 2.05) is 0 Å². The summed E-state index contributed by atoms with van der Waals surface area (Å²) in [6.07, 6.45) is 2.59. The first-order valence-corrected chi connectivity index (χ1v) is 7.92. The van der Waals surface area contributed by atoms with Crippen molar-refractivity contribution >= 4 is 0 Å². The highest BCUT2D eigenvalue weighted by atomic mass is 16.3. The first-order valence-electron chi connectivity index (χ1n) is 7.92. The Morgan fingerprint density at radius 1 is 1.40 bits per heavy atom. The summed E-state index contributed by atoms with van der Waals surface area (Å²) in [6, 6.07) is 2.23. The molecule has 0 unspecified atom stereocenters. The van der Waals surface area contributed by atoms with Crippen molar-refractivity contribution in [1.82, 2.24) is 10.2 Å². The summed E-state index contributed by atoms with van der Waals surface area (Å²) in [5, 5.41) is 3.49. The molecular weight excluding hydrogens is 248 g/mol. The molecule has 1 aromatic heterocycles. The van der Waals surface area contributed by atoms with Gasteiger partial charge in [0.25, 0.3) is 0 Å². The van der Waals surface area contributed by atoms with Crippen LogP contribution < -0.4 is 5.32 Å². The molecule has 0 saturated carbocycles. The number of furan rings is 1. The fraction of sp³-hybridized carbons (Fsp3) is 0.765. The van der Waals surface area contributed by atoms with Gasteiger partial charge in [0.2, 0.25) is 0 Å². The van der Waals surface area contributed by atoms with Crippen molar-refractivity contribution in [2.45, 2.75) is 66.1 Å². The van der Waals surface area contributed by atoms with E-state index in [1.165, 1.54) is 24.9 Å². The number of aryl methyl sites for hydroxylation is 1. The average Bonchev–Trinajstić information content (AvgIpc) is 2.83. The van der Waals surface area contributed by atoms with Crippen LogP contribution in [0.3, 0.4) is 0 Å². The lowest BCUT2D eigenvalue weighted by atomic mass is 10.0. The summed E-state index contributed by atoms with van der Waals surface area (Å²) >= 11 is 0. The first-order chi connectivity index (χ1) is 9.38. The zero-order valence-electron chi connectivity index (χ0n) is 13.8. The quantitative estimate of drug-likeness (QED) is 0.860. The molecule has 0 aromatic carbocycles. The second kappa shape index (κ2) is 6.31. The van der Waals surface area contributed by atoms with Crippen LogP contribution in [0.25, 0.3) is 0 Å². The SMILES string of the molecule is Cc1oc(CN2CCCC2(C)C)cc1CNCC(C)C. The van der Waals surface area contributed by atoms with E-state index >= 15 is 0 Å². The molecule has 1 N–H and O–H groups in total. The summed E-state index contributed by atoms with van der Waals surface area (Å²) < 4.78 is 5.95. The van der Waals surface area contributed by atoms with E-state index in [0.29, 0.717) is 11.5 Å². The zero-order chi connectivity index (χ0) is 14.8. The summed E-state index contributed by atoms with van der Waals surface area (Å²) in [6.45, 7) is 15.3. The number of nitrogens with one attached hydrogen (secondary N) is 1. The van der Waals surface area contributed by atoms with Gasteiger partial charge in [-0.2, -0.15) is 0 Å². The van der Waals surface area contributed by atoms with Crippen LogP contribution >= 0.6 is 0 Å². The lowest BCUT2D eigenvalue weighted by Gasteiger charge is -2.30. The Bertz CT molecular complexity index is 434. The van der Waals surface area contributed by atoms with E-state index in [1.54, 1.807) is 0 Å². The molecule has 1 fully saturated rings. The maximum atomic E-state index is 5.95. The largest absolute Gasteiger partial charge is 0.465 e. The van der Waals surface area contributed by atoms with Crippen molar-refractivity contribution < 1.29 is 4.42 Å². The van der Waals surface area contributed by atoms with Crippen LogP contribution in [-0.2, 0) is 13.1 Å². The molecule has 114 valence electrons. The molecular formula is C17H30N2O. The van der Waals surface area contributed by atoms with Gasteiger partial charge in [-0.15, -0.1) is 0 Å². The van der Waals surface area contributed by atoms with E-state index < -0.39 is 0 Å². The normalized spacial score (nSPS) is 19.1. The molecule has 1 aliphatic heterocycles. The number of hydrogen-bond acceptors (Lipinski definition) is 3. The van der Waals surface area contributed by atoms with Crippen LogP contribution in [0.5, 0.6) is 0 Å². The molecule has 1 saturated heterocycles. The van der Waals surface area contributed by atoms with Gasteiger partial charge < -0.3 is 9.73 Å². The number of likely N-dealkylation sites (tertiary alicyclic amines) is 1. The van der Waals surface area contributed by atoms with Gasteiger partial charge in [-0.1, -0.05) is 13.8 Å². The molecule has 20 heavy (non-hydrogen) atoms. The lowest BCUT2D eigenvalue weighted by Crippen LogP contribution is -2.37. The molecule has 3 nitrogen and oxygen atoms in total. The van der Waals surface area contributed by atoms with Gasteiger partial charge in [-0.25, -0.2) is 0 Å². The van der Waals surface area contributed by atoms with Gasteiger partial charge in [0, 0.05) is 17.6 Å². The monoisotopic (exact) mass is 278 g/mol. The fourth-order valence-corrected chi connectivity index (χ4v) is 2.98. The molecule has 0 atom stereocenters. The van der Waals surface area contributed by atoms with E-state index in [0.717, 1.165) is 31.2 Å². The van der Waals surface area contributed by atoms with Crippen molar-refractivity contribution in [3.05, 3.63) is 23.2 Å². The minimum absolute atomic E-state index is 0.316. The summed E-state index contributed by atoms with van der Waals surface area (Å²) in [7, 11) is 0. The zero-order valence-corrected chi connectivity index (χ0v) is 13.8.